The third-order valence-electron chi connectivity index (χ3n) is 3.29. The standard InChI is InChI=1S/C12H18ClN3OS/c1-3-4-10-11(18-15-14-10)12(17)16(2)7-8-5-9(13)6-8/h8-9H,3-7H2,1-2H3. The molecule has 2 rings (SSSR count). The summed E-state index contributed by atoms with van der Waals surface area (Å²) in [5.41, 5.74) is 0.836. The van der Waals surface area contributed by atoms with Crippen molar-refractivity contribution in [1.29, 1.82) is 0 Å². The van der Waals surface area contributed by atoms with Crippen molar-refractivity contribution >= 4 is 29.0 Å². The second-order valence-electron chi connectivity index (χ2n) is 4.92. The average Bonchev–Trinajstić information content (AvgIpc) is 2.74. The van der Waals surface area contributed by atoms with Crippen LogP contribution in [0.2, 0.25) is 0 Å². The van der Waals surface area contributed by atoms with E-state index in [9.17, 15) is 4.79 Å². The van der Waals surface area contributed by atoms with Gasteiger partial charge in [0.2, 0.25) is 0 Å². The number of hydrogen-bond acceptors (Lipinski definition) is 4. The van der Waals surface area contributed by atoms with E-state index in [0.29, 0.717) is 16.2 Å². The van der Waals surface area contributed by atoms with Crippen molar-refractivity contribution in [3.05, 3.63) is 10.6 Å². The SMILES string of the molecule is CCCc1nnsc1C(=O)N(C)CC1CC(Cl)C1. The van der Waals surface area contributed by atoms with Crippen molar-refractivity contribution in [2.24, 2.45) is 5.92 Å². The van der Waals surface area contributed by atoms with Crippen LogP contribution in [-0.2, 0) is 6.42 Å². The number of aryl methyl sites for hydroxylation is 1. The molecule has 0 spiro atoms. The molecular weight excluding hydrogens is 270 g/mol. The highest BCUT2D eigenvalue weighted by atomic mass is 35.5. The molecule has 0 radical (unpaired) electrons. The maximum absolute atomic E-state index is 12.3. The largest absolute Gasteiger partial charge is 0.341 e. The van der Waals surface area contributed by atoms with E-state index in [-0.39, 0.29) is 5.91 Å². The first-order valence-corrected chi connectivity index (χ1v) is 7.53. The Hall–Kier alpha value is -0.680. The number of carbonyl (C=O) groups excluding carboxylic acids is 1. The van der Waals surface area contributed by atoms with E-state index in [2.05, 4.69) is 16.5 Å². The third kappa shape index (κ3) is 3.01. The number of alkyl halides is 1. The van der Waals surface area contributed by atoms with E-state index >= 15 is 0 Å². The molecule has 0 saturated heterocycles. The minimum absolute atomic E-state index is 0.0477. The van der Waals surface area contributed by atoms with Crippen molar-refractivity contribution in [3.8, 4) is 0 Å². The molecule has 18 heavy (non-hydrogen) atoms. The Labute approximate surface area is 116 Å². The minimum Gasteiger partial charge on any atom is -0.341 e. The maximum Gasteiger partial charge on any atom is 0.267 e. The Morgan fingerprint density at radius 2 is 2.28 bits per heavy atom. The number of amides is 1. The summed E-state index contributed by atoms with van der Waals surface area (Å²) in [7, 11) is 1.85. The summed E-state index contributed by atoms with van der Waals surface area (Å²) in [5, 5.41) is 4.34. The lowest BCUT2D eigenvalue weighted by Crippen LogP contribution is -2.37. The summed E-state index contributed by atoms with van der Waals surface area (Å²) < 4.78 is 3.89. The van der Waals surface area contributed by atoms with Crippen LogP contribution in [0.15, 0.2) is 0 Å². The molecule has 1 aromatic rings. The molecule has 0 atom stereocenters. The van der Waals surface area contributed by atoms with Gasteiger partial charge < -0.3 is 4.90 Å². The fourth-order valence-electron chi connectivity index (χ4n) is 2.22. The van der Waals surface area contributed by atoms with Crippen molar-refractivity contribution in [2.75, 3.05) is 13.6 Å². The van der Waals surface area contributed by atoms with Gasteiger partial charge in [-0.05, 0) is 36.7 Å². The number of halogens is 1. The van der Waals surface area contributed by atoms with Gasteiger partial charge in [0.25, 0.3) is 5.91 Å². The van der Waals surface area contributed by atoms with E-state index in [1.54, 1.807) is 4.90 Å². The van der Waals surface area contributed by atoms with Gasteiger partial charge in [0.15, 0.2) is 0 Å². The van der Waals surface area contributed by atoms with Crippen molar-refractivity contribution in [3.63, 3.8) is 0 Å². The molecule has 4 nitrogen and oxygen atoms in total. The van der Waals surface area contributed by atoms with Crippen molar-refractivity contribution < 1.29 is 4.79 Å². The molecule has 1 heterocycles. The Kier molecular flexibility index (Phi) is 4.56. The van der Waals surface area contributed by atoms with E-state index < -0.39 is 0 Å². The number of rotatable bonds is 5. The van der Waals surface area contributed by atoms with Crippen LogP contribution in [0.1, 0.15) is 41.6 Å². The highest BCUT2D eigenvalue weighted by molar-refractivity contribution is 7.07. The molecule has 1 aliphatic carbocycles. The third-order valence-corrected chi connectivity index (χ3v) is 4.41. The van der Waals surface area contributed by atoms with Gasteiger partial charge in [-0.25, -0.2) is 0 Å². The van der Waals surface area contributed by atoms with Crippen LogP contribution in [0.3, 0.4) is 0 Å². The van der Waals surface area contributed by atoms with Gasteiger partial charge in [0.1, 0.15) is 4.88 Å². The zero-order chi connectivity index (χ0) is 13.1. The van der Waals surface area contributed by atoms with Crippen LogP contribution in [0.4, 0.5) is 0 Å². The summed E-state index contributed by atoms with van der Waals surface area (Å²) in [6, 6.07) is 0. The fraction of sp³-hybridized carbons (Fsp3) is 0.750. The highest BCUT2D eigenvalue weighted by Gasteiger charge is 2.30. The molecule has 0 aliphatic heterocycles. The number of aromatic nitrogens is 2. The predicted octanol–water partition coefficient (Wildman–Crippen LogP) is 2.58. The highest BCUT2D eigenvalue weighted by Crippen LogP contribution is 2.32. The lowest BCUT2D eigenvalue weighted by Gasteiger charge is -2.33. The van der Waals surface area contributed by atoms with Crippen molar-refractivity contribution in [1.82, 2.24) is 14.5 Å². The molecule has 0 N–H and O–H groups in total. The van der Waals surface area contributed by atoms with Crippen LogP contribution in [0.25, 0.3) is 0 Å². The first-order chi connectivity index (χ1) is 8.61. The molecule has 0 bridgehead atoms. The van der Waals surface area contributed by atoms with Crippen LogP contribution in [0, 0.1) is 5.92 Å². The van der Waals surface area contributed by atoms with Crippen LogP contribution >= 0.6 is 23.1 Å². The molecule has 100 valence electrons. The second kappa shape index (κ2) is 5.97. The summed E-state index contributed by atoms with van der Waals surface area (Å²) >= 11 is 7.15. The molecule has 1 fully saturated rings. The second-order valence-corrected chi connectivity index (χ2v) is 6.29. The van der Waals surface area contributed by atoms with E-state index in [4.69, 9.17) is 11.6 Å². The molecular formula is C12H18ClN3OS. The normalized spacial score (nSPS) is 22.6. The molecule has 1 saturated carbocycles. The van der Waals surface area contributed by atoms with Crippen LogP contribution in [0.5, 0.6) is 0 Å². The Morgan fingerprint density at radius 1 is 1.56 bits per heavy atom. The van der Waals surface area contributed by atoms with Gasteiger partial charge in [-0.1, -0.05) is 17.8 Å². The summed E-state index contributed by atoms with van der Waals surface area (Å²) in [6.45, 7) is 2.86. The monoisotopic (exact) mass is 287 g/mol. The number of nitrogens with zero attached hydrogens (tertiary/aromatic N) is 3. The lowest BCUT2D eigenvalue weighted by molar-refractivity contribution is 0.0750. The summed E-state index contributed by atoms with van der Waals surface area (Å²) in [4.78, 5) is 14.8. The minimum atomic E-state index is 0.0477. The number of carbonyl (C=O) groups is 1. The molecule has 0 unspecified atom stereocenters. The maximum atomic E-state index is 12.3. The smallest absolute Gasteiger partial charge is 0.267 e. The van der Waals surface area contributed by atoms with Gasteiger partial charge in [0.05, 0.1) is 5.69 Å². The summed E-state index contributed by atoms with van der Waals surface area (Å²) in [5.74, 6) is 0.600. The molecule has 1 amide bonds. The zero-order valence-electron chi connectivity index (χ0n) is 10.7. The first kappa shape index (κ1) is 13.7. The van der Waals surface area contributed by atoms with E-state index in [1.165, 1.54) is 11.5 Å². The van der Waals surface area contributed by atoms with Crippen LogP contribution < -0.4 is 0 Å². The Morgan fingerprint density at radius 3 is 2.89 bits per heavy atom. The molecule has 6 heteroatoms. The molecule has 1 aliphatic rings. The van der Waals surface area contributed by atoms with Crippen LogP contribution in [-0.4, -0.2) is 39.4 Å². The van der Waals surface area contributed by atoms with Gasteiger partial charge in [-0.2, -0.15) is 0 Å². The first-order valence-electron chi connectivity index (χ1n) is 6.32. The average molecular weight is 288 g/mol. The molecule has 1 aromatic heterocycles. The topological polar surface area (TPSA) is 46.1 Å². The predicted molar refractivity (Wildman–Crippen MR) is 73.2 cm³/mol. The quantitative estimate of drug-likeness (QED) is 0.782. The van der Waals surface area contributed by atoms with E-state index in [0.717, 1.165) is 37.9 Å². The summed E-state index contributed by atoms with van der Waals surface area (Å²) in [6.07, 6.45) is 3.83. The number of hydrogen-bond donors (Lipinski definition) is 0. The zero-order valence-corrected chi connectivity index (χ0v) is 12.3. The Bertz CT molecular complexity index is 417. The van der Waals surface area contributed by atoms with Gasteiger partial charge >= 0.3 is 0 Å². The lowest BCUT2D eigenvalue weighted by atomic mass is 9.84. The van der Waals surface area contributed by atoms with E-state index in [1.807, 2.05) is 7.05 Å². The fourth-order valence-corrected chi connectivity index (χ4v) is 3.43. The van der Waals surface area contributed by atoms with Crippen molar-refractivity contribution in [2.45, 2.75) is 38.0 Å². The molecule has 0 aromatic carbocycles. The van der Waals surface area contributed by atoms with Gasteiger partial charge in [0, 0.05) is 19.0 Å². The van der Waals surface area contributed by atoms with Gasteiger partial charge in [-0.15, -0.1) is 16.7 Å². The Balaban J connectivity index is 1.94. The van der Waals surface area contributed by atoms with Gasteiger partial charge in [-0.3, -0.25) is 4.79 Å².